The summed E-state index contributed by atoms with van der Waals surface area (Å²) < 4.78 is 5.24. The summed E-state index contributed by atoms with van der Waals surface area (Å²) in [6, 6.07) is 9.59. The summed E-state index contributed by atoms with van der Waals surface area (Å²) in [6.45, 7) is 3.84. The summed E-state index contributed by atoms with van der Waals surface area (Å²) in [5, 5.41) is 16.0. The van der Waals surface area contributed by atoms with Gasteiger partial charge in [-0.05, 0) is 19.9 Å². The van der Waals surface area contributed by atoms with Crippen molar-refractivity contribution >= 4 is 17.0 Å². The Kier molecular flexibility index (Phi) is 4.08. The van der Waals surface area contributed by atoms with E-state index in [2.05, 4.69) is 15.5 Å². The molecule has 0 fully saturated rings. The lowest BCUT2D eigenvalue weighted by atomic mass is 10.0. The number of nitrogens with zero attached hydrogens (tertiary/aromatic N) is 2. The van der Waals surface area contributed by atoms with Gasteiger partial charge in [0.05, 0.1) is 28.9 Å². The number of carbonyl (C=O) groups excluding carboxylic acids is 1. The van der Waals surface area contributed by atoms with E-state index in [1.54, 1.807) is 13.0 Å². The molecule has 0 bridgehead atoms. The average molecular weight is 311 g/mol. The van der Waals surface area contributed by atoms with Crippen molar-refractivity contribution in [2.75, 3.05) is 13.2 Å². The Bertz CT molecular complexity index is 853. The molecule has 2 N–H and O–H groups in total. The van der Waals surface area contributed by atoms with Crippen LogP contribution in [0.4, 0.5) is 0 Å². The maximum Gasteiger partial charge on any atom is 0.259 e. The first-order chi connectivity index (χ1) is 11.1. The summed E-state index contributed by atoms with van der Waals surface area (Å²) in [7, 11) is 0. The number of carbonyl (C=O) groups is 1. The van der Waals surface area contributed by atoms with Crippen LogP contribution in [-0.2, 0) is 0 Å². The van der Waals surface area contributed by atoms with E-state index in [0.717, 1.165) is 11.1 Å². The van der Waals surface area contributed by atoms with Crippen LogP contribution in [0, 0.1) is 13.8 Å². The van der Waals surface area contributed by atoms with E-state index in [-0.39, 0.29) is 19.1 Å². The van der Waals surface area contributed by atoms with E-state index in [1.165, 1.54) is 0 Å². The molecule has 6 nitrogen and oxygen atoms in total. The molecule has 118 valence electrons. The average Bonchev–Trinajstić information content (AvgIpc) is 2.94. The predicted octanol–water partition coefficient (Wildman–Crippen LogP) is 2.23. The lowest BCUT2D eigenvalue weighted by molar-refractivity contribution is 0.0946. The third-order valence-electron chi connectivity index (χ3n) is 3.61. The lowest BCUT2D eigenvalue weighted by Crippen LogP contribution is -2.26. The Hall–Kier alpha value is -2.73. The fourth-order valence-corrected chi connectivity index (χ4v) is 2.41. The van der Waals surface area contributed by atoms with Gasteiger partial charge >= 0.3 is 0 Å². The van der Waals surface area contributed by atoms with Crippen LogP contribution in [0.1, 0.15) is 21.6 Å². The number of aryl methyl sites for hydroxylation is 2. The van der Waals surface area contributed by atoms with Gasteiger partial charge in [-0.1, -0.05) is 35.0 Å². The van der Waals surface area contributed by atoms with E-state index in [1.807, 2.05) is 31.2 Å². The Labute approximate surface area is 133 Å². The van der Waals surface area contributed by atoms with Crippen molar-refractivity contribution in [3.8, 4) is 11.3 Å². The van der Waals surface area contributed by atoms with Crippen molar-refractivity contribution in [1.29, 1.82) is 0 Å². The summed E-state index contributed by atoms with van der Waals surface area (Å²) in [4.78, 5) is 16.8. The number of hydrogen-bond donors (Lipinski definition) is 2. The van der Waals surface area contributed by atoms with Crippen molar-refractivity contribution in [3.05, 3.63) is 47.2 Å². The Morgan fingerprint density at radius 3 is 2.70 bits per heavy atom. The SMILES string of the molecule is Cc1ccc(-c2cc(C(=O)NCCO)c3c(C)noc3n2)cc1. The molecule has 1 amide bonds. The zero-order valence-corrected chi connectivity index (χ0v) is 13.0. The third-order valence-corrected chi connectivity index (χ3v) is 3.61. The molecule has 0 radical (unpaired) electrons. The van der Waals surface area contributed by atoms with Crippen molar-refractivity contribution in [2.24, 2.45) is 0 Å². The number of pyridine rings is 1. The number of rotatable bonds is 4. The van der Waals surface area contributed by atoms with Gasteiger partial charge in [-0.3, -0.25) is 4.79 Å². The number of aromatic nitrogens is 2. The summed E-state index contributed by atoms with van der Waals surface area (Å²) in [6.07, 6.45) is 0. The number of amides is 1. The second-order valence-corrected chi connectivity index (χ2v) is 5.35. The highest BCUT2D eigenvalue weighted by atomic mass is 16.5. The summed E-state index contributed by atoms with van der Waals surface area (Å²) in [5.41, 5.74) is 4.06. The maximum absolute atomic E-state index is 12.4. The first-order valence-corrected chi connectivity index (χ1v) is 7.33. The van der Waals surface area contributed by atoms with Crippen LogP contribution in [0.3, 0.4) is 0 Å². The van der Waals surface area contributed by atoms with Crippen molar-refractivity contribution in [3.63, 3.8) is 0 Å². The van der Waals surface area contributed by atoms with E-state index < -0.39 is 0 Å². The molecule has 3 rings (SSSR count). The van der Waals surface area contributed by atoms with Crippen LogP contribution in [0.5, 0.6) is 0 Å². The molecular weight excluding hydrogens is 294 g/mol. The van der Waals surface area contributed by atoms with Crippen molar-refractivity contribution in [1.82, 2.24) is 15.5 Å². The van der Waals surface area contributed by atoms with Gasteiger partial charge in [0.15, 0.2) is 0 Å². The second-order valence-electron chi connectivity index (χ2n) is 5.35. The van der Waals surface area contributed by atoms with Gasteiger partial charge in [0.2, 0.25) is 0 Å². The smallest absolute Gasteiger partial charge is 0.259 e. The number of aliphatic hydroxyl groups is 1. The highest BCUT2D eigenvalue weighted by molar-refractivity contribution is 6.06. The lowest BCUT2D eigenvalue weighted by Gasteiger charge is -2.07. The van der Waals surface area contributed by atoms with Gasteiger partial charge in [0.1, 0.15) is 0 Å². The zero-order chi connectivity index (χ0) is 16.4. The molecule has 6 heteroatoms. The minimum absolute atomic E-state index is 0.118. The van der Waals surface area contributed by atoms with E-state index >= 15 is 0 Å². The molecule has 0 atom stereocenters. The molecule has 2 heterocycles. The van der Waals surface area contributed by atoms with Gasteiger partial charge in [-0.25, -0.2) is 4.98 Å². The molecule has 3 aromatic rings. The molecule has 0 aliphatic heterocycles. The van der Waals surface area contributed by atoms with Gasteiger partial charge < -0.3 is 14.9 Å². The minimum atomic E-state index is -0.286. The minimum Gasteiger partial charge on any atom is -0.395 e. The topological polar surface area (TPSA) is 88.2 Å². The number of nitrogens with one attached hydrogen (secondary N) is 1. The number of benzene rings is 1. The van der Waals surface area contributed by atoms with Gasteiger partial charge in [-0.15, -0.1) is 0 Å². The Morgan fingerprint density at radius 1 is 1.26 bits per heavy atom. The molecule has 0 unspecified atom stereocenters. The molecular formula is C17H17N3O3. The fourth-order valence-electron chi connectivity index (χ4n) is 2.41. The zero-order valence-electron chi connectivity index (χ0n) is 13.0. The van der Waals surface area contributed by atoms with Crippen LogP contribution < -0.4 is 5.32 Å². The molecule has 0 aliphatic carbocycles. The van der Waals surface area contributed by atoms with Crippen LogP contribution >= 0.6 is 0 Å². The van der Waals surface area contributed by atoms with Crippen LogP contribution in [0.15, 0.2) is 34.9 Å². The summed E-state index contributed by atoms with van der Waals surface area (Å²) in [5.74, 6) is -0.286. The molecule has 0 aliphatic rings. The van der Waals surface area contributed by atoms with Crippen LogP contribution in [-0.4, -0.2) is 34.3 Å². The number of fused-ring (bicyclic) bond motifs is 1. The largest absolute Gasteiger partial charge is 0.395 e. The third kappa shape index (κ3) is 2.93. The van der Waals surface area contributed by atoms with E-state index in [9.17, 15) is 4.79 Å². The second kappa shape index (κ2) is 6.18. The highest BCUT2D eigenvalue weighted by Crippen LogP contribution is 2.27. The molecule has 23 heavy (non-hydrogen) atoms. The Morgan fingerprint density at radius 2 is 2.00 bits per heavy atom. The van der Waals surface area contributed by atoms with E-state index in [4.69, 9.17) is 9.63 Å². The number of hydrogen-bond acceptors (Lipinski definition) is 5. The normalized spacial score (nSPS) is 10.9. The van der Waals surface area contributed by atoms with Crippen molar-refractivity contribution < 1.29 is 14.4 Å². The van der Waals surface area contributed by atoms with Gasteiger partial charge in [0, 0.05) is 12.1 Å². The number of aliphatic hydroxyl groups excluding tert-OH is 1. The molecule has 0 saturated heterocycles. The van der Waals surface area contributed by atoms with Crippen LogP contribution in [0.2, 0.25) is 0 Å². The van der Waals surface area contributed by atoms with Gasteiger partial charge in [-0.2, -0.15) is 0 Å². The molecule has 2 aromatic heterocycles. The first kappa shape index (κ1) is 15.2. The Balaban J connectivity index is 2.14. The standard InChI is InChI=1S/C17H17N3O3/c1-10-3-5-12(6-4-10)14-9-13(16(22)18-7-8-21)15-11(2)20-23-17(15)19-14/h3-6,9,21H,7-8H2,1-2H3,(H,18,22). The maximum atomic E-state index is 12.4. The van der Waals surface area contributed by atoms with Crippen molar-refractivity contribution in [2.45, 2.75) is 13.8 Å². The van der Waals surface area contributed by atoms with Gasteiger partial charge in [0.25, 0.3) is 11.6 Å². The molecule has 0 spiro atoms. The fraction of sp³-hybridized carbons (Fsp3) is 0.235. The molecule has 1 aromatic carbocycles. The molecule has 0 saturated carbocycles. The monoisotopic (exact) mass is 311 g/mol. The van der Waals surface area contributed by atoms with E-state index in [0.29, 0.717) is 28.1 Å². The first-order valence-electron chi connectivity index (χ1n) is 7.33. The van der Waals surface area contributed by atoms with Crippen LogP contribution in [0.25, 0.3) is 22.4 Å². The predicted molar refractivity (Wildman–Crippen MR) is 86.1 cm³/mol. The summed E-state index contributed by atoms with van der Waals surface area (Å²) >= 11 is 0. The quantitative estimate of drug-likeness (QED) is 0.771. The highest BCUT2D eigenvalue weighted by Gasteiger charge is 2.19.